The zero-order valence-electron chi connectivity index (χ0n) is 20.0. The van der Waals surface area contributed by atoms with E-state index in [1.54, 1.807) is 0 Å². The third-order valence-electron chi connectivity index (χ3n) is 6.26. The van der Waals surface area contributed by atoms with Gasteiger partial charge in [0, 0.05) is 0 Å². The van der Waals surface area contributed by atoms with Gasteiger partial charge in [0.05, 0.1) is 0 Å². The zero-order chi connectivity index (χ0) is 25.0. The predicted octanol–water partition coefficient (Wildman–Crippen LogP) is 7.00. The van der Waals surface area contributed by atoms with E-state index >= 15 is 0 Å². The summed E-state index contributed by atoms with van der Waals surface area (Å²) in [6, 6.07) is 45.4. The van der Waals surface area contributed by atoms with E-state index in [-0.39, 0.29) is 0 Å². The molecule has 0 amide bonds. The van der Waals surface area contributed by atoms with Gasteiger partial charge in [-0.05, 0) is 0 Å². The van der Waals surface area contributed by atoms with Crippen molar-refractivity contribution >= 4 is 20.5 Å². The molecule has 0 saturated heterocycles. The van der Waals surface area contributed by atoms with E-state index in [1.807, 2.05) is 42.5 Å². The number of aromatic nitrogens is 3. The van der Waals surface area contributed by atoms with E-state index in [1.165, 1.54) is 5.56 Å². The van der Waals surface area contributed by atoms with Crippen LogP contribution in [0.3, 0.4) is 0 Å². The summed E-state index contributed by atoms with van der Waals surface area (Å²) in [4.78, 5) is 14.8. The molecule has 6 aromatic rings. The first-order valence-electron chi connectivity index (χ1n) is 12.1. The van der Waals surface area contributed by atoms with Crippen molar-refractivity contribution in [1.29, 1.82) is 0 Å². The van der Waals surface area contributed by atoms with Crippen LogP contribution < -0.4 is 4.46 Å². The predicted molar refractivity (Wildman–Crippen MR) is 152 cm³/mol. The summed E-state index contributed by atoms with van der Waals surface area (Å²) in [5.41, 5.74) is 7.45. The normalized spacial score (nSPS) is 10.8. The van der Waals surface area contributed by atoms with Crippen LogP contribution in [-0.2, 0) is 0 Å². The molecule has 3 nitrogen and oxygen atoms in total. The molecular weight excluding hydrogens is 517 g/mol. The fraction of sp³-hybridized carbons (Fsp3) is 0. The summed E-state index contributed by atoms with van der Waals surface area (Å²) < 4.78 is 1.02. The Morgan fingerprint density at radius 2 is 0.730 bits per heavy atom. The van der Waals surface area contributed by atoms with E-state index in [0.29, 0.717) is 17.5 Å². The average Bonchev–Trinajstić information content (AvgIpc) is 2.98. The molecule has 0 bridgehead atoms. The van der Waals surface area contributed by atoms with E-state index in [0.717, 1.165) is 37.8 Å². The molecule has 0 fully saturated rings. The molecule has 0 aliphatic carbocycles. The van der Waals surface area contributed by atoms with Gasteiger partial charge in [-0.15, -0.1) is 0 Å². The molecule has 0 N–H and O–H groups in total. The van der Waals surface area contributed by atoms with E-state index in [4.69, 9.17) is 15.0 Å². The molecular formula is C33H22N3Se. The Kier molecular flexibility index (Phi) is 6.43. The number of hydrogen-bond acceptors (Lipinski definition) is 3. The van der Waals surface area contributed by atoms with E-state index < -0.39 is 0 Å². The van der Waals surface area contributed by atoms with Crippen LogP contribution in [-0.4, -0.2) is 31.0 Å². The zero-order valence-corrected chi connectivity index (χ0v) is 21.7. The van der Waals surface area contributed by atoms with Crippen molar-refractivity contribution in [3.63, 3.8) is 0 Å². The van der Waals surface area contributed by atoms with Crippen molar-refractivity contribution in [3.05, 3.63) is 133 Å². The van der Waals surface area contributed by atoms with Gasteiger partial charge in [0.15, 0.2) is 0 Å². The van der Waals surface area contributed by atoms with Crippen molar-refractivity contribution in [3.8, 4) is 56.4 Å². The van der Waals surface area contributed by atoms with Crippen LogP contribution in [0.4, 0.5) is 0 Å². The van der Waals surface area contributed by atoms with Gasteiger partial charge in [-0.1, -0.05) is 6.07 Å². The summed E-state index contributed by atoms with van der Waals surface area (Å²) in [7, 11) is 0. The van der Waals surface area contributed by atoms with Crippen molar-refractivity contribution < 1.29 is 0 Å². The second-order valence-electron chi connectivity index (χ2n) is 8.66. The molecule has 37 heavy (non-hydrogen) atoms. The Bertz CT molecular complexity index is 1650. The van der Waals surface area contributed by atoms with Gasteiger partial charge in [0.2, 0.25) is 0 Å². The second kappa shape index (κ2) is 10.3. The first kappa shape index (κ1) is 23.1. The van der Waals surface area contributed by atoms with Gasteiger partial charge < -0.3 is 0 Å². The van der Waals surface area contributed by atoms with Gasteiger partial charge >= 0.3 is 219 Å². The molecule has 0 atom stereocenters. The maximum absolute atomic E-state index is 4.96. The number of hydrogen-bond donors (Lipinski definition) is 0. The van der Waals surface area contributed by atoms with Crippen LogP contribution in [0.1, 0.15) is 0 Å². The molecule has 4 heteroatoms. The Morgan fingerprint density at radius 3 is 1.32 bits per heavy atom. The van der Waals surface area contributed by atoms with Crippen LogP contribution in [0.2, 0.25) is 0 Å². The minimum absolute atomic E-state index is 0.641. The van der Waals surface area contributed by atoms with Crippen LogP contribution in [0.5, 0.6) is 0 Å². The topological polar surface area (TPSA) is 38.7 Å². The van der Waals surface area contributed by atoms with E-state index in [2.05, 4.69) is 107 Å². The molecule has 5 aromatic carbocycles. The Balaban J connectivity index is 1.48. The molecule has 0 unspecified atom stereocenters. The van der Waals surface area contributed by atoms with Crippen LogP contribution in [0, 0.1) is 0 Å². The molecule has 0 aliphatic rings. The quantitative estimate of drug-likeness (QED) is 0.222. The van der Waals surface area contributed by atoms with Crippen molar-refractivity contribution in [1.82, 2.24) is 15.0 Å². The number of nitrogens with zero attached hydrogens (tertiary/aromatic N) is 3. The monoisotopic (exact) mass is 540 g/mol. The Labute approximate surface area is 224 Å². The van der Waals surface area contributed by atoms with Crippen LogP contribution in [0.15, 0.2) is 133 Å². The number of benzene rings is 5. The summed E-state index contributed by atoms with van der Waals surface area (Å²) in [5.74, 6) is 1.94. The van der Waals surface area contributed by atoms with Gasteiger partial charge in [0.25, 0.3) is 0 Å². The Hall–Kier alpha value is -4.37. The number of rotatable bonds is 5. The first-order chi connectivity index (χ1) is 18.3. The Morgan fingerprint density at radius 1 is 0.324 bits per heavy atom. The maximum atomic E-state index is 4.96. The van der Waals surface area contributed by atoms with Gasteiger partial charge in [-0.3, -0.25) is 0 Å². The van der Waals surface area contributed by atoms with Crippen molar-refractivity contribution in [2.24, 2.45) is 0 Å². The summed E-state index contributed by atoms with van der Waals surface area (Å²) >= 11 is 3.28. The van der Waals surface area contributed by atoms with Crippen LogP contribution in [0.25, 0.3) is 56.4 Å². The molecule has 0 spiro atoms. The summed E-state index contributed by atoms with van der Waals surface area (Å²) in [6.07, 6.45) is 0. The van der Waals surface area contributed by atoms with Crippen LogP contribution >= 0.6 is 0 Å². The van der Waals surface area contributed by atoms with Gasteiger partial charge in [0.1, 0.15) is 0 Å². The molecule has 175 valence electrons. The standard InChI is InChI=1S/C33H22N3Se/c37-30-28(25-13-6-2-7-14-25)17-10-18-29(30)33-35-31(26-15-8-3-9-16-26)34-32(36-33)27-21-19-24(20-22-27)23-11-4-1-5-12-23/h1-22H. The molecule has 1 radical (unpaired) electrons. The third kappa shape index (κ3) is 4.85. The average molecular weight is 540 g/mol. The molecule has 0 aliphatic heterocycles. The minimum atomic E-state index is 0.641. The molecule has 6 rings (SSSR count). The fourth-order valence-electron chi connectivity index (χ4n) is 4.34. The molecule has 1 aromatic heterocycles. The fourth-order valence-corrected chi connectivity index (χ4v) is 5.07. The van der Waals surface area contributed by atoms with Crippen molar-refractivity contribution in [2.75, 3.05) is 0 Å². The second-order valence-corrected chi connectivity index (χ2v) is 9.52. The van der Waals surface area contributed by atoms with Gasteiger partial charge in [-0.25, -0.2) is 0 Å². The summed E-state index contributed by atoms with van der Waals surface area (Å²) in [5, 5.41) is 0. The SMILES string of the molecule is [Se]c1c(-c2ccccc2)cccc1-c1nc(-c2ccccc2)nc(-c2ccc(-c3ccccc3)cc2)n1. The molecule has 1 heterocycles. The molecule has 0 saturated carbocycles. The van der Waals surface area contributed by atoms with Crippen molar-refractivity contribution in [2.45, 2.75) is 0 Å². The van der Waals surface area contributed by atoms with Gasteiger partial charge in [-0.2, -0.15) is 0 Å². The third-order valence-corrected chi connectivity index (χ3v) is 7.18. The summed E-state index contributed by atoms with van der Waals surface area (Å²) in [6.45, 7) is 0. The first-order valence-corrected chi connectivity index (χ1v) is 12.9. The van der Waals surface area contributed by atoms with E-state index in [9.17, 15) is 0 Å².